The molecule has 0 radical (unpaired) electrons. The van der Waals surface area contributed by atoms with Gasteiger partial charge in [-0.15, -0.1) is 0 Å². The predicted molar refractivity (Wildman–Crippen MR) is 228 cm³/mol. The molecular formula is C42H75N5O10P+. The van der Waals surface area contributed by atoms with Crippen LogP contribution in [0.25, 0.3) is 11.0 Å². The second kappa shape index (κ2) is 30.9. The lowest BCUT2D eigenvalue weighted by atomic mass is 10.0. The first-order chi connectivity index (χ1) is 27.9. The number of carbonyl (C=O) groups is 1. The normalized spacial score (nSPS) is 13.5. The summed E-state index contributed by atoms with van der Waals surface area (Å²) >= 11 is 0. The van der Waals surface area contributed by atoms with E-state index in [0.717, 1.165) is 70.8 Å². The van der Waals surface area contributed by atoms with E-state index in [1.165, 1.54) is 76.7 Å². The number of phosphoric ester groups is 1. The second-order valence-electron chi connectivity index (χ2n) is 16.3. The van der Waals surface area contributed by atoms with Gasteiger partial charge >= 0.3 is 19.5 Å². The van der Waals surface area contributed by atoms with E-state index in [9.17, 15) is 24.4 Å². The Kier molecular flexibility index (Phi) is 27.2. The molecule has 1 aromatic heterocycles. The first-order valence-corrected chi connectivity index (χ1v) is 23.4. The number of nitro groups is 1. The number of esters is 1. The fourth-order valence-corrected chi connectivity index (χ4v) is 7.15. The van der Waals surface area contributed by atoms with Crippen LogP contribution in [0.4, 0.5) is 11.4 Å². The maximum atomic E-state index is 12.7. The van der Waals surface area contributed by atoms with Crippen molar-refractivity contribution in [1.29, 1.82) is 0 Å². The fraction of sp³-hybridized carbons (Fsp3) is 0.786. The van der Waals surface area contributed by atoms with Crippen LogP contribution in [-0.2, 0) is 27.9 Å². The van der Waals surface area contributed by atoms with E-state index in [1.54, 1.807) is 12.3 Å². The Labute approximate surface area is 347 Å². The monoisotopic (exact) mass is 841 g/mol. The summed E-state index contributed by atoms with van der Waals surface area (Å²) in [4.78, 5) is 33.6. The quantitative estimate of drug-likeness (QED) is 0.0124. The van der Waals surface area contributed by atoms with Gasteiger partial charge in [-0.2, -0.15) is 0 Å². The average molecular weight is 841 g/mol. The molecule has 2 unspecified atom stereocenters. The van der Waals surface area contributed by atoms with Gasteiger partial charge in [0.2, 0.25) is 5.52 Å². The number of nitrogens with one attached hydrogen (secondary N) is 1. The van der Waals surface area contributed by atoms with Gasteiger partial charge in [0, 0.05) is 19.0 Å². The summed E-state index contributed by atoms with van der Waals surface area (Å²) in [5.41, 5.74) is 1.04. The van der Waals surface area contributed by atoms with Crippen LogP contribution >= 0.6 is 7.82 Å². The van der Waals surface area contributed by atoms with Crippen molar-refractivity contribution < 1.29 is 46.8 Å². The molecule has 0 aliphatic rings. The third-order valence-electron chi connectivity index (χ3n) is 9.90. The van der Waals surface area contributed by atoms with E-state index in [2.05, 4.69) is 22.6 Å². The standard InChI is InChI=1S/C42H74N5O10P/c1-5-6-7-8-9-10-11-12-13-14-18-21-24-27-33-53-35-37(36-55-58(51,52)54-34-32-47(2,3)4)56-40(48)28-25-22-19-16-15-17-20-23-26-31-43-38-29-30-39(46(49)50)42-41(38)44-57-45-42/h27,29-30,33,37H,5-26,28,31-32,34-36H2,1-4H3,(H-,43,45,51,52)/p+1/b33-27-. The average Bonchev–Trinajstić information content (AvgIpc) is 3.67. The number of nitrogens with zero attached hydrogens (tertiary/aromatic N) is 4. The number of allylic oxidation sites excluding steroid dienone is 1. The second-order valence-corrected chi connectivity index (χ2v) is 17.8. The molecule has 1 aromatic carbocycles. The summed E-state index contributed by atoms with van der Waals surface area (Å²) < 4.78 is 39.4. The molecule has 1 heterocycles. The van der Waals surface area contributed by atoms with E-state index in [1.807, 2.05) is 27.2 Å². The number of nitro benzene ring substituents is 1. The molecule has 0 saturated carbocycles. The minimum absolute atomic E-state index is 0.00955. The molecule has 0 amide bonds. The number of likely N-dealkylation sites (N-methyl/N-ethyl adjacent to an activating group) is 1. The van der Waals surface area contributed by atoms with E-state index in [-0.39, 0.29) is 43.4 Å². The van der Waals surface area contributed by atoms with E-state index < -0.39 is 18.8 Å². The molecule has 15 nitrogen and oxygen atoms in total. The topological polar surface area (TPSA) is 185 Å². The van der Waals surface area contributed by atoms with Gasteiger partial charge in [0.1, 0.15) is 19.8 Å². The van der Waals surface area contributed by atoms with Gasteiger partial charge in [0.05, 0.1) is 44.6 Å². The zero-order valence-corrected chi connectivity index (χ0v) is 36.9. The van der Waals surface area contributed by atoms with Crippen molar-refractivity contribution in [2.24, 2.45) is 0 Å². The molecule has 58 heavy (non-hydrogen) atoms. The fourth-order valence-electron chi connectivity index (χ4n) is 6.41. The van der Waals surface area contributed by atoms with E-state index >= 15 is 0 Å². The molecule has 0 spiro atoms. The van der Waals surface area contributed by atoms with Crippen molar-refractivity contribution in [2.45, 2.75) is 161 Å². The number of non-ortho nitro benzene ring substituents is 1. The molecule has 0 saturated heterocycles. The summed E-state index contributed by atoms with van der Waals surface area (Å²) in [6.45, 7) is 3.25. The van der Waals surface area contributed by atoms with Gasteiger partial charge in [-0.05, 0) is 48.1 Å². The Morgan fingerprint density at radius 1 is 0.845 bits per heavy atom. The largest absolute Gasteiger partial charge is 0.498 e. The van der Waals surface area contributed by atoms with Gasteiger partial charge in [-0.1, -0.05) is 122 Å². The van der Waals surface area contributed by atoms with Crippen LogP contribution in [0.5, 0.6) is 0 Å². The highest BCUT2D eigenvalue weighted by Gasteiger charge is 2.26. The number of benzene rings is 1. The Hall–Kier alpha value is -3.10. The number of anilines is 1. The van der Waals surface area contributed by atoms with Gasteiger partial charge in [-0.25, -0.2) is 9.19 Å². The molecule has 2 rings (SSSR count). The maximum Gasteiger partial charge on any atom is 0.472 e. The zero-order chi connectivity index (χ0) is 42.3. The molecule has 0 bridgehead atoms. The smallest absolute Gasteiger partial charge is 0.472 e. The van der Waals surface area contributed by atoms with Gasteiger partial charge in [0.15, 0.2) is 11.6 Å². The van der Waals surface area contributed by atoms with Crippen molar-refractivity contribution >= 4 is 36.2 Å². The van der Waals surface area contributed by atoms with Gasteiger partial charge in [0.25, 0.3) is 0 Å². The van der Waals surface area contributed by atoms with Gasteiger partial charge in [-0.3, -0.25) is 24.0 Å². The van der Waals surface area contributed by atoms with Crippen LogP contribution in [0.2, 0.25) is 0 Å². The molecule has 2 aromatic rings. The minimum Gasteiger partial charge on any atom is -0.498 e. The third-order valence-corrected chi connectivity index (χ3v) is 10.9. The summed E-state index contributed by atoms with van der Waals surface area (Å²) in [5.74, 6) is -0.390. The summed E-state index contributed by atoms with van der Waals surface area (Å²) in [7, 11) is 1.54. The predicted octanol–water partition coefficient (Wildman–Crippen LogP) is 10.8. The first kappa shape index (κ1) is 51.0. The Morgan fingerprint density at radius 2 is 1.41 bits per heavy atom. The van der Waals surface area contributed by atoms with Gasteiger partial charge < -0.3 is 24.2 Å². The number of phosphoric acid groups is 1. The number of hydrogen-bond donors (Lipinski definition) is 2. The van der Waals surface area contributed by atoms with Crippen molar-refractivity contribution in [2.75, 3.05) is 59.4 Å². The third kappa shape index (κ3) is 25.4. The number of quaternary nitrogens is 1. The number of ether oxygens (including phenoxy) is 2. The summed E-state index contributed by atoms with van der Waals surface area (Å²) in [6, 6.07) is 3.04. The Balaban J connectivity index is 1.58. The highest BCUT2D eigenvalue weighted by molar-refractivity contribution is 7.47. The van der Waals surface area contributed by atoms with E-state index in [0.29, 0.717) is 28.7 Å². The Morgan fingerprint density at radius 3 is 2.02 bits per heavy atom. The lowest BCUT2D eigenvalue weighted by molar-refractivity contribution is -0.870. The van der Waals surface area contributed by atoms with Crippen LogP contribution in [0.1, 0.15) is 155 Å². The van der Waals surface area contributed by atoms with E-state index in [4.69, 9.17) is 23.2 Å². The SMILES string of the molecule is CCCCCCCCCCCCCC/C=C\OCC(COP(=O)(O)OCC[N+](C)(C)C)OC(=O)CCCCCCCCCCCNc1ccc([N+](=O)[O-])c2nonc12. The molecule has 16 heteroatoms. The van der Waals surface area contributed by atoms with Crippen molar-refractivity contribution in [3.05, 3.63) is 34.6 Å². The number of rotatable bonds is 38. The summed E-state index contributed by atoms with van der Waals surface area (Å²) in [6.07, 6.45) is 28.6. The number of fused-ring (bicyclic) bond motifs is 1. The molecular weight excluding hydrogens is 765 g/mol. The van der Waals surface area contributed by atoms with Crippen LogP contribution in [-0.4, -0.2) is 90.7 Å². The minimum atomic E-state index is -4.33. The van der Waals surface area contributed by atoms with Crippen molar-refractivity contribution in [3.8, 4) is 0 Å². The molecule has 2 atom stereocenters. The summed E-state index contributed by atoms with van der Waals surface area (Å²) in [5, 5.41) is 21.9. The zero-order valence-electron chi connectivity index (χ0n) is 36.0. The lowest BCUT2D eigenvalue weighted by Gasteiger charge is -2.24. The lowest BCUT2D eigenvalue weighted by Crippen LogP contribution is -2.37. The molecule has 0 aliphatic carbocycles. The van der Waals surface area contributed by atoms with Crippen LogP contribution in [0, 0.1) is 10.1 Å². The van der Waals surface area contributed by atoms with Crippen LogP contribution < -0.4 is 5.32 Å². The Bertz CT molecular complexity index is 1470. The van der Waals surface area contributed by atoms with Crippen LogP contribution in [0.15, 0.2) is 29.1 Å². The molecule has 0 aliphatic heterocycles. The molecule has 0 fully saturated rings. The molecule has 332 valence electrons. The maximum absolute atomic E-state index is 12.7. The number of aromatic nitrogens is 2. The number of hydrogen-bond acceptors (Lipinski definition) is 12. The molecule has 2 N–H and O–H groups in total. The van der Waals surface area contributed by atoms with Crippen LogP contribution in [0.3, 0.4) is 0 Å². The first-order valence-electron chi connectivity index (χ1n) is 21.9. The number of carbonyl (C=O) groups excluding carboxylic acids is 1. The number of unbranched alkanes of at least 4 members (excludes halogenated alkanes) is 20. The highest BCUT2D eigenvalue weighted by atomic mass is 31.2. The van der Waals surface area contributed by atoms with Crippen molar-refractivity contribution in [3.63, 3.8) is 0 Å². The van der Waals surface area contributed by atoms with Crippen molar-refractivity contribution in [1.82, 2.24) is 10.3 Å². The highest BCUT2D eigenvalue weighted by Crippen LogP contribution is 2.43.